The highest BCUT2D eigenvalue weighted by atomic mass is 35.5. The van der Waals surface area contributed by atoms with Gasteiger partial charge in [-0.05, 0) is 55.3 Å². The van der Waals surface area contributed by atoms with Crippen molar-refractivity contribution in [2.45, 2.75) is 32.3 Å². The molecule has 1 fully saturated rings. The summed E-state index contributed by atoms with van der Waals surface area (Å²) < 4.78 is 1.73. The quantitative estimate of drug-likeness (QED) is 0.430. The first-order valence-corrected chi connectivity index (χ1v) is 12.2. The van der Waals surface area contributed by atoms with Crippen molar-refractivity contribution in [1.82, 2.24) is 20.0 Å². The van der Waals surface area contributed by atoms with E-state index in [1.807, 2.05) is 29.3 Å². The molecule has 1 aliphatic rings. The van der Waals surface area contributed by atoms with E-state index in [1.54, 1.807) is 22.8 Å². The fraction of sp³-hybridized carbons (Fsp3) is 0.308. The Morgan fingerprint density at radius 2 is 1.80 bits per heavy atom. The molecule has 35 heavy (non-hydrogen) atoms. The fourth-order valence-electron chi connectivity index (χ4n) is 4.03. The van der Waals surface area contributed by atoms with Crippen LogP contribution >= 0.6 is 23.2 Å². The van der Waals surface area contributed by atoms with Crippen LogP contribution in [0.2, 0.25) is 10.0 Å². The molecule has 1 aliphatic heterocycles. The molecular formula is C26H26Cl2N4O3. The van der Waals surface area contributed by atoms with Crippen molar-refractivity contribution in [1.29, 1.82) is 0 Å². The third kappa shape index (κ3) is 5.87. The molecule has 0 aliphatic carbocycles. The third-order valence-corrected chi connectivity index (χ3v) is 6.27. The Balaban J connectivity index is 1.80. The number of hydrogen-bond acceptors (Lipinski definition) is 5. The summed E-state index contributed by atoms with van der Waals surface area (Å²) in [4.78, 5) is 17.9. The van der Waals surface area contributed by atoms with E-state index >= 15 is 0 Å². The molecule has 3 aromatic rings. The first-order valence-electron chi connectivity index (χ1n) is 11.5. The lowest BCUT2D eigenvalue weighted by molar-refractivity contribution is 0.0742. The summed E-state index contributed by atoms with van der Waals surface area (Å²) in [5.74, 6) is 5.92. The van der Waals surface area contributed by atoms with Gasteiger partial charge in [0.1, 0.15) is 5.82 Å². The van der Waals surface area contributed by atoms with E-state index in [2.05, 4.69) is 22.3 Å². The molecular weight excluding hydrogens is 487 g/mol. The lowest BCUT2D eigenvalue weighted by Crippen LogP contribution is -2.45. The minimum atomic E-state index is -0.404. The number of carbonyl (C=O) groups is 1. The Labute approximate surface area is 214 Å². The van der Waals surface area contributed by atoms with E-state index in [0.29, 0.717) is 39.2 Å². The predicted molar refractivity (Wildman–Crippen MR) is 136 cm³/mol. The van der Waals surface area contributed by atoms with Gasteiger partial charge in [-0.1, -0.05) is 41.5 Å². The number of imidazole rings is 1. The van der Waals surface area contributed by atoms with Crippen molar-refractivity contribution >= 4 is 29.1 Å². The minimum absolute atomic E-state index is 0.00740. The summed E-state index contributed by atoms with van der Waals surface area (Å²) >= 11 is 12.6. The zero-order valence-electron chi connectivity index (χ0n) is 19.1. The Bertz CT molecular complexity index is 1260. The van der Waals surface area contributed by atoms with Crippen LogP contribution < -0.4 is 5.43 Å². The van der Waals surface area contributed by atoms with Gasteiger partial charge in [0.15, 0.2) is 5.69 Å². The molecule has 9 heteroatoms. The molecule has 0 atom stereocenters. The van der Waals surface area contributed by atoms with E-state index in [1.165, 1.54) is 0 Å². The van der Waals surface area contributed by atoms with E-state index in [0.717, 1.165) is 37.9 Å². The molecule has 0 bridgehead atoms. The van der Waals surface area contributed by atoms with Crippen molar-refractivity contribution in [2.75, 3.05) is 19.7 Å². The molecule has 0 radical (unpaired) electrons. The van der Waals surface area contributed by atoms with Gasteiger partial charge < -0.3 is 10.2 Å². The zero-order chi connectivity index (χ0) is 24.8. The number of amides is 1. The molecule has 2 heterocycles. The lowest BCUT2D eigenvalue weighted by Gasteiger charge is -2.26. The summed E-state index contributed by atoms with van der Waals surface area (Å²) in [5, 5.41) is 22.0. The van der Waals surface area contributed by atoms with E-state index in [4.69, 9.17) is 28.3 Å². The van der Waals surface area contributed by atoms with E-state index in [9.17, 15) is 9.90 Å². The molecule has 2 aromatic carbocycles. The number of aromatic nitrogens is 2. The molecule has 3 N–H and O–H groups in total. The normalized spacial score (nSPS) is 13.8. The van der Waals surface area contributed by atoms with Crippen LogP contribution in [0.1, 0.15) is 47.4 Å². The maximum absolute atomic E-state index is 13.2. The van der Waals surface area contributed by atoms with Crippen LogP contribution in [0.4, 0.5) is 0 Å². The molecule has 0 spiro atoms. The zero-order valence-corrected chi connectivity index (χ0v) is 20.6. The van der Waals surface area contributed by atoms with Gasteiger partial charge in [0.2, 0.25) is 0 Å². The number of aliphatic hydroxyl groups excluding tert-OH is 2. The highest BCUT2D eigenvalue weighted by Crippen LogP contribution is 2.33. The van der Waals surface area contributed by atoms with Gasteiger partial charge in [-0.2, -0.15) is 0 Å². The maximum Gasteiger partial charge on any atom is 0.286 e. The number of nitrogens with one attached hydrogen (secondary N) is 1. The highest BCUT2D eigenvalue weighted by Gasteiger charge is 2.26. The second kappa shape index (κ2) is 11.7. The average Bonchev–Trinajstić information content (AvgIpc) is 3.25. The number of nitrogens with zero attached hydrogens (tertiary/aromatic N) is 3. The average molecular weight is 513 g/mol. The summed E-state index contributed by atoms with van der Waals surface area (Å²) in [6.07, 6.45) is 3.57. The smallest absolute Gasteiger partial charge is 0.286 e. The van der Waals surface area contributed by atoms with Crippen LogP contribution in [0.25, 0.3) is 17.1 Å². The number of hydrazine groups is 1. The van der Waals surface area contributed by atoms with Gasteiger partial charge >= 0.3 is 0 Å². The van der Waals surface area contributed by atoms with Gasteiger partial charge in [-0.25, -0.2) is 9.99 Å². The van der Waals surface area contributed by atoms with Gasteiger partial charge in [0, 0.05) is 41.3 Å². The number of hydrogen-bond donors (Lipinski definition) is 3. The topological polar surface area (TPSA) is 90.6 Å². The van der Waals surface area contributed by atoms with Crippen LogP contribution in [0, 0.1) is 11.8 Å². The minimum Gasteiger partial charge on any atom is -0.395 e. The van der Waals surface area contributed by atoms with E-state index in [-0.39, 0.29) is 18.2 Å². The van der Waals surface area contributed by atoms with Crippen LogP contribution in [-0.4, -0.2) is 50.4 Å². The van der Waals surface area contributed by atoms with Crippen LogP contribution in [0.5, 0.6) is 0 Å². The number of aliphatic hydroxyl groups is 2. The summed E-state index contributed by atoms with van der Waals surface area (Å²) in [5.41, 5.74) is 5.45. The molecule has 1 amide bonds. The number of halogens is 2. The monoisotopic (exact) mass is 512 g/mol. The van der Waals surface area contributed by atoms with Gasteiger partial charge in [-0.15, -0.1) is 0 Å². The van der Waals surface area contributed by atoms with Crippen molar-refractivity contribution < 1.29 is 15.0 Å². The molecule has 182 valence electrons. The molecule has 0 saturated carbocycles. The Hall–Kier alpha value is -2.86. The van der Waals surface area contributed by atoms with Crippen LogP contribution in [0.3, 0.4) is 0 Å². The Kier molecular flexibility index (Phi) is 8.45. The third-order valence-electron chi connectivity index (χ3n) is 5.72. The SMILES string of the molecule is O=C(NN1CCCCC1)c1nc(-c2ccc(Cl)cc2Cl)n(-c2ccc(C#CCCO)cc2)c1CO. The number of benzene rings is 2. The Morgan fingerprint density at radius 1 is 1.06 bits per heavy atom. The summed E-state index contributed by atoms with van der Waals surface area (Å²) in [7, 11) is 0. The number of rotatable bonds is 6. The first-order chi connectivity index (χ1) is 17.0. The van der Waals surface area contributed by atoms with Gasteiger partial charge in [0.05, 0.1) is 23.9 Å². The number of piperidine rings is 1. The molecule has 1 aromatic heterocycles. The van der Waals surface area contributed by atoms with Crippen molar-refractivity contribution in [3.8, 4) is 28.9 Å². The maximum atomic E-state index is 13.2. The molecule has 0 unspecified atom stereocenters. The number of carbonyl (C=O) groups excluding carboxylic acids is 1. The second-order valence-electron chi connectivity index (χ2n) is 8.16. The van der Waals surface area contributed by atoms with E-state index < -0.39 is 6.61 Å². The first kappa shape index (κ1) is 25.2. The standard InChI is InChI=1S/C26H26Cl2N4O3/c27-19-9-12-21(22(28)16-19)25-29-24(26(35)30-31-13-3-1-4-14-31)23(17-34)32(25)20-10-7-18(8-11-20)6-2-5-15-33/h7-12,16,33-34H,1,3-5,13-15,17H2,(H,30,35). The van der Waals surface area contributed by atoms with Gasteiger partial charge in [0.25, 0.3) is 5.91 Å². The largest absolute Gasteiger partial charge is 0.395 e. The molecule has 7 nitrogen and oxygen atoms in total. The fourth-order valence-corrected chi connectivity index (χ4v) is 4.52. The molecule has 1 saturated heterocycles. The van der Waals surface area contributed by atoms with Crippen LogP contribution in [-0.2, 0) is 6.61 Å². The predicted octanol–water partition coefficient (Wildman–Crippen LogP) is 4.20. The van der Waals surface area contributed by atoms with Crippen molar-refractivity contribution in [3.05, 3.63) is 69.5 Å². The highest BCUT2D eigenvalue weighted by molar-refractivity contribution is 6.36. The summed E-state index contributed by atoms with van der Waals surface area (Å²) in [6.45, 7) is 1.15. The lowest BCUT2D eigenvalue weighted by atomic mass is 10.1. The summed E-state index contributed by atoms with van der Waals surface area (Å²) in [6, 6.07) is 12.4. The Morgan fingerprint density at radius 3 is 2.46 bits per heavy atom. The molecule has 4 rings (SSSR count). The van der Waals surface area contributed by atoms with Crippen molar-refractivity contribution in [3.63, 3.8) is 0 Å². The van der Waals surface area contributed by atoms with Gasteiger partial charge in [-0.3, -0.25) is 14.8 Å². The second-order valence-corrected chi connectivity index (χ2v) is 9.00. The van der Waals surface area contributed by atoms with Crippen molar-refractivity contribution in [2.24, 2.45) is 0 Å². The van der Waals surface area contributed by atoms with Crippen LogP contribution in [0.15, 0.2) is 42.5 Å².